The summed E-state index contributed by atoms with van der Waals surface area (Å²) in [6, 6.07) is 5.89. The average Bonchev–Trinajstić information content (AvgIpc) is 3.07. The Morgan fingerprint density at radius 1 is 1.33 bits per heavy atom. The number of hydrogen-bond acceptors (Lipinski definition) is 3. The van der Waals surface area contributed by atoms with E-state index >= 15 is 0 Å². The van der Waals surface area contributed by atoms with Crippen LogP contribution < -0.4 is 5.32 Å². The molecule has 3 heterocycles. The van der Waals surface area contributed by atoms with Crippen LogP contribution in [0.5, 0.6) is 0 Å². The zero-order chi connectivity index (χ0) is 17.1. The maximum Gasteiger partial charge on any atom is 0.244 e. The van der Waals surface area contributed by atoms with Gasteiger partial charge in [0.2, 0.25) is 5.91 Å². The summed E-state index contributed by atoms with van der Waals surface area (Å²) >= 11 is 0. The molecular formula is C18H21N5O. The number of hydrogen-bond donors (Lipinski definition) is 1. The standard InChI is InChI=1S/C18H21N5O/c1-13-16(14(2)22(3)21-13)7-8-18(24)19-10-9-15-12-23-11-5-4-6-17(23)20-15/h4-8,11-12H,9-10H2,1-3H3,(H,19,24)/b8-7+. The van der Waals surface area contributed by atoms with Gasteiger partial charge in [0, 0.05) is 49.7 Å². The minimum Gasteiger partial charge on any atom is -0.352 e. The highest BCUT2D eigenvalue weighted by Crippen LogP contribution is 2.13. The van der Waals surface area contributed by atoms with Crippen LogP contribution in [0.15, 0.2) is 36.7 Å². The van der Waals surface area contributed by atoms with E-state index in [0.29, 0.717) is 13.0 Å². The second-order valence-electron chi connectivity index (χ2n) is 5.78. The quantitative estimate of drug-likeness (QED) is 0.731. The summed E-state index contributed by atoms with van der Waals surface area (Å²) in [5.74, 6) is -0.110. The molecule has 124 valence electrons. The zero-order valence-electron chi connectivity index (χ0n) is 14.2. The Kier molecular flexibility index (Phi) is 4.46. The van der Waals surface area contributed by atoms with Crippen LogP contribution >= 0.6 is 0 Å². The normalized spacial score (nSPS) is 11.5. The van der Waals surface area contributed by atoms with Gasteiger partial charge in [-0.1, -0.05) is 6.07 Å². The minimum atomic E-state index is -0.110. The molecule has 0 spiro atoms. The first-order chi connectivity index (χ1) is 11.5. The van der Waals surface area contributed by atoms with Crippen molar-refractivity contribution in [3.63, 3.8) is 0 Å². The molecule has 0 saturated heterocycles. The SMILES string of the molecule is Cc1nn(C)c(C)c1/C=C/C(=O)NCCc1cn2ccccc2n1. The second-order valence-corrected chi connectivity index (χ2v) is 5.78. The van der Waals surface area contributed by atoms with Gasteiger partial charge in [0.15, 0.2) is 0 Å². The predicted octanol–water partition coefficient (Wildman–Crippen LogP) is 2.06. The zero-order valence-corrected chi connectivity index (χ0v) is 14.2. The van der Waals surface area contributed by atoms with Crippen molar-refractivity contribution in [3.8, 4) is 0 Å². The molecule has 0 fully saturated rings. The number of carbonyl (C=O) groups excluding carboxylic acids is 1. The van der Waals surface area contributed by atoms with Crippen molar-refractivity contribution in [2.24, 2.45) is 7.05 Å². The molecule has 3 aromatic rings. The lowest BCUT2D eigenvalue weighted by Gasteiger charge is -2.00. The maximum absolute atomic E-state index is 12.0. The molecule has 0 unspecified atom stereocenters. The number of nitrogens with zero attached hydrogens (tertiary/aromatic N) is 4. The fraction of sp³-hybridized carbons (Fsp3) is 0.278. The summed E-state index contributed by atoms with van der Waals surface area (Å²) in [5, 5.41) is 7.22. The molecule has 3 aromatic heterocycles. The molecular weight excluding hydrogens is 302 g/mol. The van der Waals surface area contributed by atoms with E-state index < -0.39 is 0 Å². The third kappa shape index (κ3) is 3.37. The van der Waals surface area contributed by atoms with Crippen molar-refractivity contribution in [1.29, 1.82) is 0 Å². The van der Waals surface area contributed by atoms with Crippen LogP contribution in [0.3, 0.4) is 0 Å². The third-order valence-electron chi connectivity index (χ3n) is 4.06. The Morgan fingerprint density at radius 3 is 2.88 bits per heavy atom. The van der Waals surface area contributed by atoms with Gasteiger partial charge in [0.1, 0.15) is 5.65 Å². The number of carbonyl (C=O) groups is 1. The largest absolute Gasteiger partial charge is 0.352 e. The minimum absolute atomic E-state index is 0.110. The Morgan fingerprint density at radius 2 is 2.17 bits per heavy atom. The summed E-state index contributed by atoms with van der Waals surface area (Å²) in [6.45, 7) is 4.48. The van der Waals surface area contributed by atoms with Crippen molar-refractivity contribution in [2.75, 3.05) is 6.54 Å². The summed E-state index contributed by atoms with van der Waals surface area (Å²) in [6.07, 6.45) is 8.02. The van der Waals surface area contributed by atoms with Gasteiger partial charge in [-0.15, -0.1) is 0 Å². The van der Waals surface area contributed by atoms with E-state index in [4.69, 9.17) is 0 Å². The third-order valence-corrected chi connectivity index (χ3v) is 4.06. The first kappa shape index (κ1) is 16.0. The number of rotatable bonds is 5. The molecule has 0 atom stereocenters. The predicted molar refractivity (Wildman–Crippen MR) is 93.6 cm³/mol. The molecule has 1 amide bonds. The first-order valence-electron chi connectivity index (χ1n) is 7.93. The van der Waals surface area contributed by atoms with E-state index in [1.54, 1.807) is 6.08 Å². The Hall–Kier alpha value is -2.89. The van der Waals surface area contributed by atoms with E-state index in [2.05, 4.69) is 15.4 Å². The lowest BCUT2D eigenvalue weighted by molar-refractivity contribution is -0.116. The number of amides is 1. The molecule has 0 bridgehead atoms. The van der Waals surface area contributed by atoms with E-state index in [1.807, 2.05) is 66.6 Å². The van der Waals surface area contributed by atoms with Crippen LogP contribution in [0, 0.1) is 13.8 Å². The van der Waals surface area contributed by atoms with Gasteiger partial charge in [-0.05, 0) is 32.1 Å². The van der Waals surface area contributed by atoms with Crippen LogP contribution in [0.25, 0.3) is 11.7 Å². The Labute approximate surface area is 140 Å². The second kappa shape index (κ2) is 6.70. The van der Waals surface area contributed by atoms with Crippen molar-refractivity contribution in [1.82, 2.24) is 24.5 Å². The molecule has 0 saturated carbocycles. The van der Waals surface area contributed by atoms with Gasteiger partial charge in [0.25, 0.3) is 0 Å². The van der Waals surface area contributed by atoms with Crippen LogP contribution in [-0.4, -0.2) is 31.6 Å². The number of aryl methyl sites for hydroxylation is 2. The fourth-order valence-electron chi connectivity index (χ4n) is 2.67. The molecule has 6 nitrogen and oxygen atoms in total. The molecule has 0 aliphatic rings. The van der Waals surface area contributed by atoms with Gasteiger partial charge in [-0.3, -0.25) is 9.48 Å². The number of aromatic nitrogens is 4. The van der Waals surface area contributed by atoms with E-state index in [9.17, 15) is 4.79 Å². The van der Waals surface area contributed by atoms with Crippen molar-refractivity contribution in [2.45, 2.75) is 20.3 Å². The topological polar surface area (TPSA) is 64.2 Å². The van der Waals surface area contributed by atoms with Crippen molar-refractivity contribution in [3.05, 3.63) is 59.3 Å². The summed E-state index contributed by atoms with van der Waals surface area (Å²) in [7, 11) is 1.90. The van der Waals surface area contributed by atoms with E-state index in [1.165, 1.54) is 0 Å². The molecule has 0 radical (unpaired) electrons. The highest BCUT2D eigenvalue weighted by atomic mass is 16.1. The molecule has 6 heteroatoms. The number of nitrogens with one attached hydrogen (secondary N) is 1. The van der Waals surface area contributed by atoms with Gasteiger partial charge in [-0.2, -0.15) is 5.10 Å². The van der Waals surface area contributed by atoms with Crippen LogP contribution in [0.2, 0.25) is 0 Å². The molecule has 3 rings (SSSR count). The summed E-state index contributed by atoms with van der Waals surface area (Å²) in [4.78, 5) is 16.5. The maximum atomic E-state index is 12.0. The molecule has 1 N–H and O–H groups in total. The average molecular weight is 323 g/mol. The van der Waals surface area contributed by atoms with E-state index in [0.717, 1.165) is 28.3 Å². The van der Waals surface area contributed by atoms with Crippen molar-refractivity contribution < 1.29 is 4.79 Å². The van der Waals surface area contributed by atoms with Gasteiger partial charge >= 0.3 is 0 Å². The smallest absolute Gasteiger partial charge is 0.244 e. The number of imidazole rings is 1. The Bertz CT molecular complexity index is 870. The highest BCUT2D eigenvalue weighted by Gasteiger charge is 2.06. The van der Waals surface area contributed by atoms with Crippen LogP contribution in [0.1, 0.15) is 22.6 Å². The number of pyridine rings is 1. The molecule has 24 heavy (non-hydrogen) atoms. The van der Waals surface area contributed by atoms with Gasteiger partial charge < -0.3 is 9.72 Å². The van der Waals surface area contributed by atoms with Gasteiger partial charge in [0.05, 0.1) is 11.4 Å². The van der Waals surface area contributed by atoms with Gasteiger partial charge in [-0.25, -0.2) is 4.98 Å². The molecule has 0 aliphatic heterocycles. The Balaban J connectivity index is 1.54. The van der Waals surface area contributed by atoms with E-state index in [-0.39, 0.29) is 5.91 Å². The van der Waals surface area contributed by atoms with Crippen molar-refractivity contribution >= 4 is 17.6 Å². The first-order valence-corrected chi connectivity index (χ1v) is 7.93. The monoisotopic (exact) mass is 323 g/mol. The van der Waals surface area contributed by atoms with Crippen LogP contribution in [0.4, 0.5) is 0 Å². The fourth-order valence-corrected chi connectivity index (χ4v) is 2.67. The summed E-state index contributed by atoms with van der Waals surface area (Å²) < 4.78 is 3.79. The molecule has 0 aromatic carbocycles. The molecule has 0 aliphatic carbocycles. The highest BCUT2D eigenvalue weighted by molar-refractivity contribution is 5.91. The lowest BCUT2D eigenvalue weighted by Crippen LogP contribution is -2.23. The summed E-state index contributed by atoms with van der Waals surface area (Å²) in [5.41, 5.74) is 4.84. The number of fused-ring (bicyclic) bond motifs is 1. The van der Waals surface area contributed by atoms with Crippen LogP contribution in [-0.2, 0) is 18.3 Å². The lowest BCUT2D eigenvalue weighted by atomic mass is 10.2.